The summed E-state index contributed by atoms with van der Waals surface area (Å²) in [5, 5.41) is -0.0387. The standard InChI is InChI=1S/C13H19ClO2S/c1-4-17(15,16)13-8-6-5-7-11(13)9-12(14)10(2)3/h5-8,10,12H,4,9H2,1-3H3. The SMILES string of the molecule is CCS(=O)(=O)c1ccccc1CC(Cl)C(C)C. The van der Waals surface area contributed by atoms with E-state index >= 15 is 0 Å². The van der Waals surface area contributed by atoms with Crippen molar-refractivity contribution in [1.29, 1.82) is 0 Å². The second-order valence-corrected chi connectivity index (χ2v) is 7.28. The van der Waals surface area contributed by atoms with Crippen molar-refractivity contribution in [3.05, 3.63) is 29.8 Å². The van der Waals surface area contributed by atoms with Crippen molar-refractivity contribution in [2.45, 2.75) is 37.5 Å². The molecule has 0 radical (unpaired) electrons. The molecule has 0 saturated carbocycles. The number of hydrogen-bond donors (Lipinski definition) is 0. The lowest BCUT2D eigenvalue weighted by Gasteiger charge is -2.15. The van der Waals surface area contributed by atoms with E-state index in [1.54, 1.807) is 19.1 Å². The van der Waals surface area contributed by atoms with E-state index < -0.39 is 9.84 Å². The Balaban J connectivity index is 3.09. The first-order valence-corrected chi connectivity index (χ1v) is 7.92. The van der Waals surface area contributed by atoms with Crippen molar-refractivity contribution in [2.75, 3.05) is 5.75 Å². The van der Waals surface area contributed by atoms with Crippen molar-refractivity contribution >= 4 is 21.4 Å². The van der Waals surface area contributed by atoms with Crippen LogP contribution in [0.1, 0.15) is 26.3 Å². The zero-order chi connectivity index (χ0) is 13.1. The molecule has 1 atom stereocenters. The number of rotatable bonds is 5. The number of halogens is 1. The van der Waals surface area contributed by atoms with Crippen molar-refractivity contribution < 1.29 is 8.42 Å². The topological polar surface area (TPSA) is 34.1 Å². The summed E-state index contributed by atoms with van der Waals surface area (Å²) in [7, 11) is -3.16. The molecular weight excluding hydrogens is 256 g/mol. The second-order valence-electron chi connectivity index (χ2n) is 4.48. The molecule has 0 aliphatic heterocycles. The molecule has 0 amide bonds. The molecule has 0 aliphatic carbocycles. The lowest BCUT2D eigenvalue weighted by atomic mass is 10.0. The van der Waals surface area contributed by atoms with E-state index in [9.17, 15) is 8.42 Å². The van der Waals surface area contributed by atoms with Gasteiger partial charge in [0.15, 0.2) is 9.84 Å². The minimum Gasteiger partial charge on any atom is -0.224 e. The third kappa shape index (κ3) is 3.71. The van der Waals surface area contributed by atoms with E-state index in [-0.39, 0.29) is 11.1 Å². The van der Waals surface area contributed by atoms with Crippen molar-refractivity contribution in [3.63, 3.8) is 0 Å². The lowest BCUT2D eigenvalue weighted by molar-refractivity contribution is 0.583. The predicted molar refractivity (Wildman–Crippen MR) is 72.4 cm³/mol. The van der Waals surface area contributed by atoms with Gasteiger partial charge in [0.25, 0.3) is 0 Å². The monoisotopic (exact) mass is 274 g/mol. The van der Waals surface area contributed by atoms with Gasteiger partial charge in [0.05, 0.1) is 10.6 Å². The zero-order valence-electron chi connectivity index (χ0n) is 10.5. The molecule has 4 heteroatoms. The molecule has 0 aromatic heterocycles. The molecule has 96 valence electrons. The van der Waals surface area contributed by atoms with Crippen LogP contribution in [0.25, 0.3) is 0 Å². The van der Waals surface area contributed by atoms with E-state index in [1.807, 2.05) is 26.0 Å². The van der Waals surface area contributed by atoms with Crippen molar-refractivity contribution in [3.8, 4) is 0 Å². The van der Waals surface area contributed by atoms with Gasteiger partial charge in [0.2, 0.25) is 0 Å². The first-order chi connectivity index (χ1) is 7.88. The molecule has 0 N–H and O–H groups in total. The summed E-state index contributed by atoms with van der Waals surface area (Å²) >= 11 is 6.22. The van der Waals surface area contributed by atoms with Gasteiger partial charge in [0, 0.05) is 5.38 Å². The molecule has 0 heterocycles. The predicted octanol–water partition coefficient (Wildman–Crippen LogP) is 3.29. The number of hydrogen-bond acceptors (Lipinski definition) is 2. The summed E-state index contributed by atoms with van der Waals surface area (Å²) in [6.07, 6.45) is 0.592. The van der Waals surface area contributed by atoms with Crippen LogP contribution in [0, 0.1) is 5.92 Å². The summed E-state index contributed by atoms with van der Waals surface area (Å²) in [6, 6.07) is 7.12. The summed E-state index contributed by atoms with van der Waals surface area (Å²) in [6.45, 7) is 5.73. The summed E-state index contributed by atoms with van der Waals surface area (Å²) in [4.78, 5) is 0.425. The Bertz CT molecular complexity index is 466. The minimum absolute atomic E-state index is 0.0387. The first-order valence-electron chi connectivity index (χ1n) is 5.83. The van der Waals surface area contributed by atoms with Crippen LogP contribution in [-0.2, 0) is 16.3 Å². The zero-order valence-corrected chi connectivity index (χ0v) is 12.1. The Kier molecular flexibility index (Phi) is 5.02. The maximum atomic E-state index is 11.9. The maximum absolute atomic E-state index is 11.9. The third-order valence-corrected chi connectivity index (χ3v) is 5.31. The van der Waals surface area contributed by atoms with Crippen LogP contribution >= 0.6 is 11.6 Å². The normalized spacial score (nSPS) is 13.9. The minimum atomic E-state index is -3.16. The van der Waals surface area contributed by atoms with Crippen LogP contribution in [0.2, 0.25) is 0 Å². The Hall–Kier alpha value is -0.540. The lowest BCUT2D eigenvalue weighted by Crippen LogP contribution is -2.14. The fraction of sp³-hybridized carbons (Fsp3) is 0.538. The highest BCUT2D eigenvalue weighted by molar-refractivity contribution is 7.91. The van der Waals surface area contributed by atoms with Crippen LogP contribution in [0.5, 0.6) is 0 Å². The van der Waals surface area contributed by atoms with Gasteiger partial charge in [-0.15, -0.1) is 11.6 Å². The average molecular weight is 275 g/mol. The molecule has 0 spiro atoms. The first kappa shape index (κ1) is 14.5. The van der Waals surface area contributed by atoms with Gasteiger partial charge in [-0.25, -0.2) is 8.42 Å². The van der Waals surface area contributed by atoms with Crippen molar-refractivity contribution in [1.82, 2.24) is 0 Å². The molecule has 1 rings (SSSR count). The molecule has 0 bridgehead atoms. The summed E-state index contributed by atoms with van der Waals surface area (Å²) < 4.78 is 23.9. The van der Waals surface area contributed by atoms with E-state index in [4.69, 9.17) is 11.6 Å². The van der Waals surface area contributed by atoms with Gasteiger partial charge in [-0.1, -0.05) is 39.0 Å². The Morgan fingerprint density at radius 3 is 2.35 bits per heavy atom. The molecule has 17 heavy (non-hydrogen) atoms. The Morgan fingerprint density at radius 2 is 1.82 bits per heavy atom. The van der Waals surface area contributed by atoms with Gasteiger partial charge in [-0.3, -0.25) is 0 Å². The van der Waals surface area contributed by atoms with E-state index in [2.05, 4.69) is 0 Å². The summed E-state index contributed by atoms with van der Waals surface area (Å²) in [5.74, 6) is 0.451. The van der Waals surface area contributed by atoms with E-state index in [1.165, 1.54) is 0 Å². The van der Waals surface area contributed by atoms with Crippen molar-refractivity contribution in [2.24, 2.45) is 5.92 Å². The number of benzene rings is 1. The maximum Gasteiger partial charge on any atom is 0.178 e. The molecule has 0 aliphatic rings. The Morgan fingerprint density at radius 1 is 1.24 bits per heavy atom. The van der Waals surface area contributed by atoms with Crippen LogP contribution in [0.4, 0.5) is 0 Å². The van der Waals surface area contributed by atoms with Gasteiger partial charge in [0.1, 0.15) is 0 Å². The summed E-state index contributed by atoms with van der Waals surface area (Å²) in [5.41, 5.74) is 0.822. The fourth-order valence-electron chi connectivity index (χ4n) is 1.58. The molecule has 2 nitrogen and oxygen atoms in total. The highest BCUT2D eigenvalue weighted by Crippen LogP contribution is 2.22. The van der Waals surface area contributed by atoms with Gasteiger partial charge >= 0.3 is 0 Å². The molecule has 1 unspecified atom stereocenters. The molecule has 0 fully saturated rings. The van der Waals surface area contributed by atoms with Crippen LogP contribution in [0.3, 0.4) is 0 Å². The van der Waals surface area contributed by atoms with Crippen LogP contribution < -0.4 is 0 Å². The van der Waals surface area contributed by atoms with E-state index in [0.29, 0.717) is 17.2 Å². The van der Waals surface area contributed by atoms with Gasteiger partial charge in [-0.2, -0.15) is 0 Å². The molecule has 0 saturated heterocycles. The third-order valence-electron chi connectivity index (χ3n) is 2.83. The molecule has 1 aromatic rings. The fourth-order valence-corrected chi connectivity index (χ4v) is 2.89. The molecular formula is C13H19ClO2S. The highest BCUT2D eigenvalue weighted by atomic mass is 35.5. The van der Waals surface area contributed by atoms with E-state index in [0.717, 1.165) is 5.56 Å². The van der Waals surface area contributed by atoms with Gasteiger partial charge < -0.3 is 0 Å². The molecule has 1 aromatic carbocycles. The Labute approximate surface area is 109 Å². The van der Waals surface area contributed by atoms with Crippen LogP contribution in [-0.4, -0.2) is 19.5 Å². The largest absolute Gasteiger partial charge is 0.224 e. The number of sulfone groups is 1. The number of alkyl halides is 1. The average Bonchev–Trinajstić information content (AvgIpc) is 2.29. The quantitative estimate of drug-likeness (QED) is 0.772. The second kappa shape index (κ2) is 5.87. The smallest absolute Gasteiger partial charge is 0.178 e. The van der Waals surface area contributed by atoms with Crippen LogP contribution in [0.15, 0.2) is 29.2 Å². The van der Waals surface area contributed by atoms with Gasteiger partial charge in [-0.05, 0) is 24.0 Å². The highest BCUT2D eigenvalue weighted by Gasteiger charge is 2.19.